The third-order valence-corrected chi connectivity index (χ3v) is 9.00. The number of hydrogen-bond donors (Lipinski definition) is 2. The van der Waals surface area contributed by atoms with Gasteiger partial charge in [0, 0.05) is 42.1 Å². The molecule has 4 rings (SSSR count). The summed E-state index contributed by atoms with van der Waals surface area (Å²) in [5.41, 5.74) is 6.30. The number of hydrogen-bond acceptors (Lipinski definition) is 5. The molecule has 1 atom stereocenters. The van der Waals surface area contributed by atoms with Gasteiger partial charge in [-0.25, -0.2) is 4.79 Å². The quantitative estimate of drug-likeness (QED) is 0.285. The van der Waals surface area contributed by atoms with E-state index in [4.69, 9.17) is 9.72 Å². The van der Waals surface area contributed by atoms with Gasteiger partial charge in [-0.1, -0.05) is 70.2 Å². The zero-order valence-corrected chi connectivity index (χ0v) is 26.6. The van der Waals surface area contributed by atoms with Gasteiger partial charge in [-0.05, 0) is 82.9 Å². The van der Waals surface area contributed by atoms with Crippen LogP contribution in [0.4, 0.5) is 5.69 Å². The molecular weight excluding hydrogens is 510 g/mol. The molecule has 41 heavy (non-hydrogen) atoms. The van der Waals surface area contributed by atoms with E-state index < -0.39 is 17.7 Å². The number of carbonyl (C=O) groups is 1. The number of pyridine rings is 1. The van der Waals surface area contributed by atoms with Crippen LogP contribution in [-0.2, 0) is 16.1 Å². The summed E-state index contributed by atoms with van der Waals surface area (Å²) in [5, 5.41) is 14.0. The molecule has 2 aliphatic rings. The van der Waals surface area contributed by atoms with Crippen molar-refractivity contribution in [3.63, 3.8) is 0 Å². The van der Waals surface area contributed by atoms with E-state index in [1.54, 1.807) is 0 Å². The van der Waals surface area contributed by atoms with Crippen molar-refractivity contribution in [2.75, 3.05) is 24.5 Å². The summed E-state index contributed by atoms with van der Waals surface area (Å²) in [6, 6.07) is 8.76. The number of ether oxygens (including phenoxy) is 1. The second kappa shape index (κ2) is 13.2. The standard InChI is InChI=1S/C35H53N3O3/c1-24-29(28-15-13-27(14-16-28)23-36-20-17-26-11-9-8-10-12-26)31(38-21-18-35(6,7)19-22-38)30(25(2)37-24)32(33(39)40)41-34(3,4)5/h13-16,26,32,36H,8-12,17-23H2,1-7H3,(H,39,40)/t32-/m0/s1. The average molecular weight is 564 g/mol. The van der Waals surface area contributed by atoms with Crippen molar-refractivity contribution in [1.29, 1.82) is 0 Å². The maximum atomic E-state index is 12.7. The summed E-state index contributed by atoms with van der Waals surface area (Å²) in [6.45, 7) is 18.0. The zero-order chi connectivity index (χ0) is 29.8. The number of aromatic nitrogens is 1. The molecular formula is C35H53N3O3. The Hall–Kier alpha value is -2.44. The number of nitrogens with one attached hydrogen (secondary N) is 1. The van der Waals surface area contributed by atoms with Gasteiger partial charge >= 0.3 is 5.97 Å². The lowest BCUT2D eigenvalue weighted by Crippen LogP contribution is -2.39. The van der Waals surface area contributed by atoms with Crippen LogP contribution in [-0.4, -0.2) is 41.3 Å². The molecule has 1 saturated carbocycles. The number of piperidine rings is 1. The van der Waals surface area contributed by atoms with Crippen LogP contribution in [0.1, 0.15) is 115 Å². The monoisotopic (exact) mass is 563 g/mol. The smallest absolute Gasteiger partial charge is 0.337 e. The van der Waals surface area contributed by atoms with Crippen LogP contribution in [0.15, 0.2) is 24.3 Å². The van der Waals surface area contributed by atoms with Gasteiger partial charge in [-0.3, -0.25) is 4.98 Å². The lowest BCUT2D eigenvalue weighted by molar-refractivity contribution is -0.160. The van der Waals surface area contributed by atoms with Crippen molar-refractivity contribution in [3.05, 3.63) is 46.8 Å². The summed E-state index contributed by atoms with van der Waals surface area (Å²) in [6.07, 6.45) is 9.26. The third kappa shape index (κ3) is 8.32. The van der Waals surface area contributed by atoms with E-state index in [1.807, 2.05) is 34.6 Å². The highest BCUT2D eigenvalue weighted by Crippen LogP contribution is 2.44. The molecule has 2 N–H and O–H groups in total. The number of rotatable bonds is 10. The summed E-state index contributed by atoms with van der Waals surface area (Å²) in [7, 11) is 0. The van der Waals surface area contributed by atoms with Gasteiger partial charge in [-0.2, -0.15) is 0 Å². The Bertz CT molecular complexity index is 1170. The summed E-state index contributed by atoms with van der Waals surface area (Å²) in [4.78, 5) is 20.0. The molecule has 1 aromatic heterocycles. The summed E-state index contributed by atoms with van der Waals surface area (Å²) >= 11 is 0. The molecule has 0 radical (unpaired) electrons. The zero-order valence-electron chi connectivity index (χ0n) is 26.6. The van der Waals surface area contributed by atoms with E-state index in [0.717, 1.165) is 73.1 Å². The fourth-order valence-corrected chi connectivity index (χ4v) is 6.56. The Balaban J connectivity index is 1.65. The predicted octanol–water partition coefficient (Wildman–Crippen LogP) is 7.99. The summed E-state index contributed by atoms with van der Waals surface area (Å²) < 4.78 is 6.21. The SMILES string of the molecule is Cc1nc(C)c([C@H](OC(C)(C)C)C(=O)O)c(N2CCC(C)(C)CC2)c1-c1ccc(CNCCC2CCCCC2)cc1. The molecule has 0 spiro atoms. The minimum absolute atomic E-state index is 0.272. The van der Waals surface area contributed by atoms with Gasteiger partial charge in [0.2, 0.25) is 0 Å². The topological polar surface area (TPSA) is 74.7 Å². The second-order valence-electron chi connectivity index (χ2n) is 14.2. The molecule has 226 valence electrons. The molecule has 2 fully saturated rings. The van der Waals surface area contributed by atoms with Crippen molar-refractivity contribution in [2.24, 2.45) is 11.3 Å². The Kier molecular flexibility index (Phi) is 10.2. The predicted molar refractivity (Wildman–Crippen MR) is 168 cm³/mol. The largest absolute Gasteiger partial charge is 0.479 e. The Labute approximate surface area is 248 Å². The van der Waals surface area contributed by atoms with E-state index in [1.165, 1.54) is 44.1 Å². The number of anilines is 1. The van der Waals surface area contributed by atoms with Crippen LogP contribution in [0.2, 0.25) is 0 Å². The first kappa shape index (κ1) is 31.5. The number of aryl methyl sites for hydroxylation is 2. The molecule has 6 nitrogen and oxygen atoms in total. The van der Waals surface area contributed by atoms with Gasteiger partial charge in [0.25, 0.3) is 0 Å². The molecule has 0 unspecified atom stereocenters. The van der Waals surface area contributed by atoms with E-state index in [-0.39, 0.29) is 5.41 Å². The fraction of sp³-hybridized carbons (Fsp3) is 0.657. The first-order valence-electron chi connectivity index (χ1n) is 15.8. The van der Waals surface area contributed by atoms with Crippen molar-refractivity contribution in [2.45, 2.75) is 118 Å². The maximum absolute atomic E-state index is 12.7. The molecule has 0 bridgehead atoms. The van der Waals surface area contributed by atoms with Crippen LogP contribution in [0.3, 0.4) is 0 Å². The van der Waals surface area contributed by atoms with Crippen LogP contribution >= 0.6 is 0 Å². The first-order valence-corrected chi connectivity index (χ1v) is 15.8. The second-order valence-corrected chi connectivity index (χ2v) is 14.2. The Morgan fingerprint density at radius 2 is 1.71 bits per heavy atom. The lowest BCUT2D eigenvalue weighted by atomic mass is 9.81. The number of benzene rings is 1. The van der Waals surface area contributed by atoms with E-state index in [9.17, 15) is 9.90 Å². The van der Waals surface area contributed by atoms with Crippen molar-refractivity contribution in [3.8, 4) is 11.1 Å². The highest BCUT2D eigenvalue weighted by Gasteiger charge is 2.36. The molecule has 1 aromatic carbocycles. The normalized spacial score (nSPS) is 18.9. The van der Waals surface area contributed by atoms with E-state index in [2.05, 4.69) is 48.3 Å². The van der Waals surface area contributed by atoms with Crippen molar-refractivity contribution < 1.29 is 14.6 Å². The number of carboxylic acids is 1. The first-order chi connectivity index (χ1) is 19.3. The van der Waals surface area contributed by atoms with Gasteiger partial charge in [-0.15, -0.1) is 0 Å². The van der Waals surface area contributed by atoms with Crippen LogP contribution in [0, 0.1) is 25.2 Å². The fourth-order valence-electron chi connectivity index (χ4n) is 6.56. The molecule has 2 aromatic rings. The molecule has 1 saturated heterocycles. The van der Waals surface area contributed by atoms with Crippen LogP contribution in [0.25, 0.3) is 11.1 Å². The Morgan fingerprint density at radius 1 is 1.07 bits per heavy atom. The van der Waals surface area contributed by atoms with Crippen LogP contribution in [0.5, 0.6) is 0 Å². The van der Waals surface area contributed by atoms with Crippen molar-refractivity contribution >= 4 is 11.7 Å². The average Bonchev–Trinajstić information content (AvgIpc) is 2.90. The van der Waals surface area contributed by atoms with E-state index >= 15 is 0 Å². The number of carboxylic acid groups (broad SMARTS) is 1. The highest BCUT2D eigenvalue weighted by molar-refractivity contribution is 5.88. The van der Waals surface area contributed by atoms with Gasteiger partial charge < -0.3 is 20.1 Å². The number of nitrogens with zero attached hydrogens (tertiary/aromatic N) is 2. The molecule has 2 heterocycles. The van der Waals surface area contributed by atoms with E-state index in [0.29, 0.717) is 5.56 Å². The van der Waals surface area contributed by atoms with Gasteiger partial charge in [0.1, 0.15) is 0 Å². The molecule has 0 amide bonds. The third-order valence-electron chi connectivity index (χ3n) is 9.00. The highest BCUT2D eigenvalue weighted by atomic mass is 16.5. The minimum Gasteiger partial charge on any atom is -0.479 e. The van der Waals surface area contributed by atoms with Crippen molar-refractivity contribution in [1.82, 2.24) is 10.3 Å². The molecule has 1 aliphatic carbocycles. The van der Waals surface area contributed by atoms with Gasteiger partial charge in [0.15, 0.2) is 6.10 Å². The maximum Gasteiger partial charge on any atom is 0.337 e. The Morgan fingerprint density at radius 3 is 2.29 bits per heavy atom. The molecule has 6 heteroatoms. The van der Waals surface area contributed by atoms with Gasteiger partial charge in [0.05, 0.1) is 11.3 Å². The van der Waals surface area contributed by atoms with Crippen LogP contribution < -0.4 is 10.2 Å². The molecule has 1 aliphatic heterocycles. The minimum atomic E-state index is -1.10. The summed E-state index contributed by atoms with van der Waals surface area (Å²) in [5.74, 6) is -0.0895. The number of aliphatic carboxylic acids is 1. The lowest BCUT2D eigenvalue weighted by Gasteiger charge is -2.41.